The van der Waals surface area contributed by atoms with E-state index in [2.05, 4.69) is 57.3 Å². The van der Waals surface area contributed by atoms with E-state index in [9.17, 15) is 5.11 Å². The molecule has 0 aromatic carbocycles. The maximum Gasteiger partial charge on any atom is 0.184 e. The van der Waals surface area contributed by atoms with Crippen molar-refractivity contribution in [3.05, 3.63) is 42.7 Å². The van der Waals surface area contributed by atoms with Gasteiger partial charge in [0.2, 0.25) is 0 Å². The highest BCUT2D eigenvalue weighted by molar-refractivity contribution is 5.95. The predicted octanol–water partition coefficient (Wildman–Crippen LogP) is 3.38. The molecule has 0 saturated carbocycles. The number of anilines is 2. The number of halogens is 1. The average molecular weight is 517 g/mol. The zero-order chi connectivity index (χ0) is 26.2. The van der Waals surface area contributed by atoms with E-state index in [1.807, 2.05) is 13.0 Å². The number of imidazole rings is 1. The first kappa shape index (κ1) is 24.2. The zero-order valence-electron chi connectivity index (χ0n) is 21.2. The van der Waals surface area contributed by atoms with Gasteiger partial charge in [-0.3, -0.25) is 10.1 Å². The molecule has 6 heterocycles. The molecule has 1 saturated heterocycles. The SMILES string of the molecule is CCCC(O)Nc1cncc(-c2cnc3n[nH]c(-c4nc5nccc(N6CCN(C)CC6)c5[nH]4)c3c2F)c1. The van der Waals surface area contributed by atoms with Gasteiger partial charge in [-0.25, -0.2) is 19.3 Å². The number of aromatic nitrogens is 7. The second-order valence-electron chi connectivity index (χ2n) is 9.60. The Hall–Kier alpha value is -4.16. The lowest BCUT2D eigenvalue weighted by molar-refractivity contribution is 0.192. The molecule has 0 radical (unpaired) electrons. The topological polar surface area (TPSA) is 135 Å². The van der Waals surface area contributed by atoms with Gasteiger partial charge in [0.1, 0.15) is 23.3 Å². The van der Waals surface area contributed by atoms with Crippen molar-refractivity contribution in [3.8, 4) is 22.6 Å². The first-order chi connectivity index (χ1) is 18.5. The Bertz CT molecular complexity index is 1590. The minimum atomic E-state index is -0.708. The van der Waals surface area contributed by atoms with Crippen molar-refractivity contribution in [1.82, 2.24) is 40.0 Å². The van der Waals surface area contributed by atoms with Gasteiger partial charge in [0.25, 0.3) is 0 Å². The third-order valence-corrected chi connectivity index (χ3v) is 6.91. The van der Waals surface area contributed by atoms with Crippen LogP contribution in [0.25, 0.3) is 44.8 Å². The van der Waals surface area contributed by atoms with Gasteiger partial charge in [-0.1, -0.05) is 13.3 Å². The molecule has 12 heteroatoms. The lowest BCUT2D eigenvalue weighted by Gasteiger charge is -2.34. The number of likely N-dealkylation sites (N-methyl/N-ethyl adjacent to an activating group) is 1. The van der Waals surface area contributed by atoms with Gasteiger partial charge < -0.3 is 25.2 Å². The van der Waals surface area contributed by atoms with Gasteiger partial charge in [-0.2, -0.15) is 5.10 Å². The Morgan fingerprint density at radius 2 is 1.97 bits per heavy atom. The molecular weight excluding hydrogens is 487 g/mol. The summed E-state index contributed by atoms with van der Waals surface area (Å²) in [6, 6.07) is 3.72. The Morgan fingerprint density at radius 3 is 2.79 bits per heavy atom. The van der Waals surface area contributed by atoms with Crippen molar-refractivity contribution < 1.29 is 9.50 Å². The summed E-state index contributed by atoms with van der Waals surface area (Å²) in [6.45, 7) is 5.73. The van der Waals surface area contributed by atoms with Gasteiger partial charge in [-0.05, 0) is 25.6 Å². The minimum Gasteiger partial charge on any atom is -0.374 e. The second-order valence-corrected chi connectivity index (χ2v) is 9.60. The number of aliphatic hydroxyl groups excluding tert-OH is 1. The summed E-state index contributed by atoms with van der Waals surface area (Å²) < 4.78 is 16.0. The molecule has 1 unspecified atom stereocenters. The van der Waals surface area contributed by atoms with E-state index in [1.54, 1.807) is 24.7 Å². The summed E-state index contributed by atoms with van der Waals surface area (Å²) in [5.41, 5.74) is 4.41. The maximum absolute atomic E-state index is 16.0. The summed E-state index contributed by atoms with van der Waals surface area (Å²) in [6.07, 6.45) is 7.06. The summed E-state index contributed by atoms with van der Waals surface area (Å²) in [4.78, 5) is 25.7. The van der Waals surface area contributed by atoms with E-state index in [4.69, 9.17) is 0 Å². The van der Waals surface area contributed by atoms with Crippen LogP contribution in [0.4, 0.5) is 15.8 Å². The summed E-state index contributed by atoms with van der Waals surface area (Å²) in [7, 11) is 2.12. The van der Waals surface area contributed by atoms with Crippen molar-refractivity contribution in [2.24, 2.45) is 0 Å². The number of rotatable bonds is 7. The van der Waals surface area contributed by atoms with Gasteiger partial charge in [-0.15, -0.1) is 0 Å². The van der Waals surface area contributed by atoms with Gasteiger partial charge in [0.05, 0.1) is 23.0 Å². The van der Waals surface area contributed by atoms with Crippen LogP contribution < -0.4 is 10.2 Å². The number of aliphatic hydroxyl groups is 1. The number of fused-ring (bicyclic) bond motifs is 2. The first-order valence-electron chi connectivity index (χ1n) is 12.7. The lowest BCUT2D eigenvalue weighted by atomic mass is 10.1. The highest BCUT2D eigenvalue weighted by Gasteiger charge is 2.23. The van der Waals surface area contributed by atoms with Crippen LogP contribution >= 0.6 is 0 Å². The molecule has 1 aliphatic heterocycles. The molecule has 1 aliphatic rings. The Morgan fingerprint density at radius 1 is 1.13 bits per heavy atom. The van der Waals surface area contributed by atoms with E-state index < -0.39 is 12.0 Å². The van der Waals surface area contributed by atoms with Crippen molar-refractivity contribution in [2.75, 3.05) is 43.4 Å². The van der Waals surface area contributed by atoms with Crippen molar-refractivity contribution in [2.45, 2.75) is 26.0 Å². The lowest BCUT2D eigenvalue weighted by Crippen LogP contribution is -2.44. The molecular formula is C26H29FN10O. The van der Waals surface area contributed by atoms with E-state index in [0.29, 0.717) is 34.8 Å². The standard InChI is InChI=1S/C26H29FN10O/c1-3-4-19(38)31-16-11-15(12-28-13-16)17-14-30-24-20(21(17)27)23(34-35-24)26-32-22-18(5-6-29-25(22)33-26)37-9-7-36(2)8-10-37/h5-6,11-14,19,31,38H,3-4,7-10H2,1-2H3,(H,29,32,33)(H,30,34,35). The van der Waals surface area contributed by atoms with Crippen LogP contribution in [-0.2, 0) is 0 Å². The second kappa shape index (κ2) is 9.95. The third-order valence-electron chi connectivity index (χ3n) is 6.91. The number of pyridine rings is 3. The van der Waals surface area contributed by atoms with Crippen molar-refractivity contribution >= 4 is 33.6 Å². The first-order valence-corrected chi connectivity index (χ1v) is 12.7. The molecule has 196 valence electrons. The molecule has 5 aromatic heterocycles. The third kappa shape index (κ3) is 4.41. The molecule has 4 N–H and O–H groups in total. The van der Waals surface area contributed by atoms with Crippen LogP contribution in [0, 0.1) is 5.82 Å². The number of aromatic amines is 2. The van der Waals surface area contributed by atoms with Crippen LogP contribution in [0.15, 0.2) is 36.9 Å². The zero-order valence-corrected chi connectivity index (χ0v) is 21.2. The molecule has 0 bridgehead atoms. The van der Waals surface area contributed by atoms with Crippen molar-refractivity contribution in [1.29, 1.82) is 0 Å². The molecule has 11 nitrogen and oxygen atoms in total. The van der Waals surface area contributed by atoms with Gasteiger partial charge in [0.15, 0.2) is 17.1 Å². The van der Waals surface area contributed by atoms with Crippen molar-refractivity contribution in [3.63, 3.8) is 0 Å². The number of hydrogen-bond acceptors (Lipinski definition) is 9. The number of nitrogens with one attached hydrogen (secondary N) is 3. The molecule has 0 amide bonds. The quantitative estimate of drug-likeness (QED) is 0.240. The normalized spacial score (nSPS) is 15.4. The monoisotopic (exact) mass is 516 g/mol. The summed E-state index contributed by atoms with van der Waals surface area (Å²) >= 11 is 0. The number of hydrogen-bond donors (Lipinski definition) is 4. The molecule has 38 heavy (non-hydrogen) atoms. The average Bonchev–Trinajstić information content (AvgIpc) is 3.54. The number of nitrogens with zero attached hydrogens (tertiary/aromatic N) is 7. The molecule has 0 spiro atoms. The van der Waals surface area contributed by atoms with Gasteiger partial charge in [0, 0.05) is 55.9 Å². The number of H-pyrrole nitrogens is 2. The molecule has 1 atom stereocenters. The Balaban J connectivity index is 1.39. The maximum atomic E-state index is 16.0. The molecule has 1 fully saturated rings. The highest BCUT2D eigenvalue weighted by Crippen LogP contribution is 2.34. The number of piperazine rings is 1. The van der Waals surface area contributed by atoms with E-state index >= 15 is 4.39 Å². The van der Waals surface area contributed by atoms with Crippen LogP contribution in [0.5, 0.6) is 0 Å². The minimum absolute atomic E-state index is 0.229. The smallest absolute Gasteiger partial charge is 0.184 e. The van der Waals surface area contributed by atoms with Crippen LogP contribution in [-0.4, -0.2) is 84.6 Å². The Kier molecular flexibility index (Phi) is 6.34. The largest absolute Gasteiger partial charge is 0.374 e. The van der Waals surface area contributed by atoms with Crippen LogP contribution in [0.3, 0.4) is 0 Å². The van der Waals surface area contributed by atoms with Crippen LogP contribution in [0.1, 0.15) is 19.8 Å². The molecule has 5 aromatic rings. The fourth-order valence-electron chi connectivity index (χ4n) is 4.85. The summed E-state index contributed by atoms with van der Waals surface area (Å²) in [5.74, 6) is -0.0508. The molecule has 0 aliphatic carbocycles. The Labute approximate surface area is 218 Å². The fourth-order valence-corrected chi connectivity index (χ4v) is 4.85. The van der Waals surface area contributed by atoms with E-state index in [0.717, 1.165) is 43.8 Å². The van der Waals surface area contributed by atoms with E-state index in [1.165, 1.54) is 6.20 Å². The van der Waals surface area contributed by atoms with E-state index in [-0.39, 0.29) is 16.6 Å². The highest BCUT2D eigenvalue weighted by atomic mass is 19.1. The predicted molar refractivity (Wildman–Crippen MR) is 144 cm³/mol. The molecule has 6 rings (SSSR count). The van der Waals surface area contributed by atoms with Crippen LogP contribution in [0.2, 0.25) is 0 Å². The summed E-state index contributed by atoms with van der Waals surface area (Å²) in [5, 5.41) is 20.5. The fraction of sp³-hybridized carbons (Fsp3) is 0.346. The van der Waals surface area contributed by atoms with Gasteiger partial charge >= 0.3 is 0 Å².